The SMILES string of the molecule is CCNCC(=O)N(C)Cc1ccncc1. The maximum Gasteiger partial charge on any atom is 0.236 e. The van der Waals surface area contributed by atoms with Crippen molar-refractivity contribution in [2.75, 3.05) is 20.1 Å². The van der Waals surface area contributed by atoms with Gasteiger partial charge in [-0.05, 0) is 24.2 Å². The van der Waals surface area contributed by atoms with Crippen molar-refractivity contribution in [3.8, 4) is 0 Å². The van der Waals surface area contributed by atoms with Crippen molar-refractivity contribution in [3.05, 3.63) is 30.1 Å². The van der Waals surface area contributed by atoms with E-state index in [9.17, 15) is 4.79 Å². The van der Waals surface area contributed by atoms with Gasteiger partial charge in [-0.15, -0.1) is 0 Å². The zero-order valence-corrected chi connectivity index (χ0v) is 9.23. The van der Waals surface area contributed by atoms with E-state index in [0.717, 1.165) is 12.1 Å². The molecule has 1 amide bonds. The maximum atomic E-state index is 11.6. The molecule has 0 fully saturated rings. The quantitative estimate of drug-likeness (QED) is 0.771. The molecule has 1 N–H and O–H groups in total. The number of aromatic nitrogens is 1. The second-order valence-corrected chi connectivity index (χ2v) is 3.39. The topological polar surface area (TPSA) is 45.2 Å². The molecule has 1 aromatic rings. The number of rotatable bonds is 5. The normalized spacial score (nSPS) is 10.0. The van der Waals surface area contributed by atoms with Gasteiger partial charge in [0, 0.05) is 26.0 Å². The van der Waals surface area contributed by atoms with Gasteiger partial charge in [-0.1, -0.05) is 6.92 Å². The van der Waals surface area contributed by atoms with Crippen LogP contribution in [0.2, 0.25) is 0 Å². The van der Waals surface area contributed by atoms with Crippen LogP contribution in [0.1, 0.15) is 12.5 Å². The molecule has 0 saturated carbocycles. The van der Waals surface area contributed by atoms with E-state index in [4.69, 9.17) is 0 Å². The van der Waals surface area contributed by atoms with E-state index in [0.29, 0.717) is 13.1 Å². The molecule has 0 aliphatic heterocycles. The van der Waals surface area contributed by atoms with Gasteiger partial charge >= 0.3 is 0 Å². The van der Waals surface area contributed by atoms with Crippen LogP contribution in [0.5, 0.6) is 0 Å². The van der Waals surface area contributed by atoms with Crippen LogP contribution in [0.3, 0.4) is 0 Å². The third-order valence-electron chi connectivity index (χ3n) is 2.12. The van der Waals surface area contributed by atoms with Crippen LogP contribution in [-0.2, 0) is 11.3 Å². The Labute approximate surface area is 90.3 Å². The third kappa shape index (κ3) is 4.08. The predicted molar refractivity (Wildman–Crippen MR) is 59.3 cm³/mol. The van der Waals surface area contributed by atoms with Crippen LogP contribution in [0, 0.1) is 0 Å². The second kappa shape index (κ2) is 6.14. The van der Waals surface area contributed by atoms with Gasteiger partial charge in [0.2, 0.25) is 5.91 Å². The summed E-state index contributed by atoms with van der Waals surface area (Å²) in [5.74, 6) is 0.105. The van der Waals surface area contributed by atoms with E-state index in [1.54, 1.807) is 24.3 Å². The van der Waals surface area contributed by atoms with Crippen LogP contribution < -0.4 is 5.32 Å². The van der Waals surface area contributed by atoms with Gasteiger partial charge < -0.3 is 10.2 Å². The third-order valence-corrected chi connectivity index (χ3v) is 2.12. The Morgan fingerprint density at radius 1 is 1.47 bits per heavy atom. The van der Waals surface area contributed by atoms with Gasteiger partial charge in [0.1, 0.15) is 0 Å². The molecule has 0 saturated heterocycles. The fraction of sp³-hybridized carbons (Fsp3) is 0.455. The van der Waals surface area contributed by atoms with Crippen molar-refractivity contribution < 1.29 is 4.79 Å². The van der Waals surface area contributed by atoms with Gasteiger partial charge in [-0.2, -0.15) is 0 Å². The molecule has 82 valence electrons. The molecule has 0 aromatic carbocycles. The van der Waals surface area contributed by atoms with Crippen LogP contribution in [0.15, 0.2) is 24.5 Å². The van der Waals surface area contributed by atoms with Gasteiger partial charge in [-0.3, -0.25) is 9.78 Å². The molecule has 0 bridgehead atoms. The standard InChI is InChI=1S/C11H17N3O/c1-3-12-8-11(15)14(2)9-10-4-6-13-7-5-10/h4-7,12H,3,8-9H2,1-2H3. The molecular weight excluding hydrogens is 190 g/mol. The number of pyridine rings is 1. The molecule has 1 heterocycles. The minimum Gasteiger partial charge on any atom is -0.340 e. The monoisotopic (exact) mass is 207 g/mol. The Morgan fingerprint density at radius 3 is 2.73 bits per heavy atom. The van der Waals surface area contributed by atoms with E-state index in [2.05, 4.69) is 10.3 Å². The first kappa shape index (κ1) is 11.7. The lowest BCUT2D eigenvalue weighted by molar-refractivity contribution is -0.129. The molecule has 1 rings (SSSR count). The van der Waals surface area contributed by atoms with Crippen molar-refractivity contribution in [1.82, 2.24) is 15.2 Å². The Morgan fingerprint density at radius 2 is 2.13 bits per heavy atom. The molecule has 4 nitrogen and oxygen atoms in total. The number of likely N-dealkylation sites (N-methyl/N-ethyl adjacent to an activating group) is 2. The summed E-state index contributed by atoms with van der Waals surface area (Å²) in [6.07, 6.45) is 3.47. The number of amides is 1. The van der Waals surface area contributed by atoms with Crippen LogP contribution in [-0.4, -0.2) is 35.9 Å². The Bertz CT molecular complexity index is 300. The largest absolute Gasteiger partial charge is 0.340 e. The van der Waals surface area contributed by atoms with E-state index >= 15 is 0 Å². The number of nitrogens with one attached hydrogen (secondary N) is 1. The molecule has 0 atom stereocenters. The fourth-order valence-corrected chi connectivity index (χ4v) is 1.22. The van der Waals surface area contributed by atoms with E-state index in [1.807, 2.05) is 19.1 Å². The summed E-state index contributed by atoms with van der Waals surface area (Å²) in [5, 5.41) is 3.01. The van der Waals surface area contributed by atoms with Crippen molar-refractivity contribution in [1.29, 1.82) is 0 Å². The summed E-state index contributed by atoms with van der Waals surface area (Å²) in [5.41, 5.74) is 1.09. The first-order valence-electron chi connectivity index (χ1n) is 5.07. The Hall–Kier alpha value is -1.42. The highest BCUT2D eigenvalue weighted by atomic mass is 16.2. The van der Waals surface area contributed by atoms with Crippen molar-refractivity contribution in [2.45, 2.75) is 13.5 Å². The van der Waals surface area contributed by atoms with E-state index < -0.39 is 0 Å². The summed E-state index contributed by atoms with van der Waals surface area (Å²) in [6.45, 7) is 3.83. The minimum atomic E-state index is 0.105. The van der Waals surface area contributed by atoms with Gasteiger partial charge in [-0.25, -0.2) is 0 Å². The molecule has 0 radical (unpaired) electrons. The molecule has 0 unspecified atom stereocenters. The van der Waals surface area contributed by atoms with Crippen LogP contribution >= 0.6 is 0 Å². The molecule has 0 spiro atoms. The van der Waals surface area contributed by atoms with Crippen molar-refractivity contribution >= 4 is 5.91 Å². The number of hydrogen-bond donors (Lipinski definition) is 1. The molecule has 0 aliphatic rings. The van der Waals surface area contributed by atoms with Gasteiger partial charge in [0.15, 0.2) is 0 Å². The van der Waals surface area contributed by atoms with Gasteiger partial charge in [0.05, 0.1) is 6.54 Å². The van der Waals surface area contributed by atoms with Crippen molar-refractivity contribution in [2.24, 2.45) is 0 Å². The lowest BCUT2D eigenvalue weighted by Crippen LogP contribution is -2.35. The molecule has 4 heteroatoms. The predicted octanol–water partition coefficient (Wildman–Crippen LogP) is 0.649. The maximum absolute atomic E-state index is 11.6. The van der Waals surface area contributed by atoms with E-state index in [1.165, 1.54) is 0 Å². The smallest absolute Gasteiger partial charge is 0.236 e. The number of carbonyl (C=O) groups excluding carboxylic acids is 1. The first-order valence-corrected chi connectivity index (χ1v) is 5.07. The molecule has 0 aliphatic carbocycles. The zero-order valence-electron chi connectivity index (χ0n) is 9.23. The van der Waals surface area contributed by atoms with Crippen LogP contribution in [0.4, 0.5) is 0 Å². The number of carbonyl (C=O) groups is 1. The number of hydrogen-bond acceptors (Lipinski definition) is 3. The lowest BCUT2D eigenvalue weighted by atomic mass is 10.2. The summed E-state index contributed by atoms with van der Waals surface area (Å²) >= 11 is 0. The summed E-state index contributed by atoms with van der Waals surface area (Å²) in [4.78, 5) is 17.2. The van der Waals surface area contributed by atoms with E-state index in [-0.39, 0.29) is 5.91 Å². The number of nitrogens with zero attached hydrogens (tertiary/aromatic N) is 2. The fourth-order valence-electron chi connectivity index (χ4n) is 1.22. The summed E-state index contributed by atoms with van der Waals surface area (Å²) in [6, 6.07) is 3.83. The van der Waals surface area contributed by atoms with Crippen LogP contribution in [0.25, 0.3) is 0 Å². The highest BCUT2D eigenvalue weighted by molar-refractivity contribution is 5.77. The molecule has 15 heavy (non-hydrogen) atoms. The highest BCUT2D eigenvalue weighted by Crippen LogP contribution is 2.00. The zero-order chi connectivity index (χ0) is 11.1. The Kier molecular flexibility index (Phi) is 4.77. The summed E-state index contributed by atoms with van der Waals surface area (Å²) in [7, 11) is 1.81. The lowest BCUT2D eigenvalue weighted by Gasteiger charge is -2.17. The molecular formula is C11H17N3O. The Balaban J connectivity index is 2.41. The summed E-state index contributed by atoms with van der Waals surface area (Å²) < 4.78 is 0. The second-order valence-electron chi connectivity index (χ2n) is 3.39. The highest BCUT2D eigenvalue weighted by Gasteiger charge is 2.07. The average molecular weight is 207 g/mol. The molecule has 1 aromatic heterocycles. The van der Waals surface area contributed by atoms with Gasteiger partial charge in [0.25, 0.3) is 0 Å². The van der Waals surface area contributed by atoms with Crippen molar-refractivity contribution in [3.63, 3.8) is 0 Å². The minimum absolute atomic E-state index is 0.105. The average Bonchev–Trinajstić information content (AvgIpc) is 2.27. The first-order chi connectivity index (χ1) is 7.24.